The third-order valence-electron chi connectivity index (χ3n) is 1.92. The molecule has 0 fully saturated rings. The number of hydrogen-bond acceptors (Lipinski definition) is 1. The smallest absolute Gasteiger partial charge is 0.308 e. The van der Waals surface area contributed by atoms with Crippen molar-refractivity contribution in [2.45, 2.75) is 32.9 Å². The lowest BCUT2D eigenvalue weighted by molar-refractivity contribution is -0.125. The zero-order chi connectivity index (χ0) is 11.2. The second-order valence-corrected chi connectivity index (χ2v) is 4.55. The predicted molar refractivity (Wildman–Crippen MR) is 52.7 cm³/mol. The molecule has 1 N–H and O–H groups in total. The van der Waals surface area contributed by atoms with Crippen LogP contribution in [-0.2, 0) is 0 Å². The largest absolute Gasteiger partial charge is 0.401 e. The van der Waals surface area contributed by atoms with Gasteiger partial charge in [0.15, 0.2) is 0 Å². The van der Waals surface area contributed by atoms with Gasteiger partial charge in [0.05, 0.1) is 6.54 Å². The topological polar surface area (TPSA) is 12.0 Å². The van der Waals surface area contributed by atoms with E-state index in [1.807, 2.05) is 13.8 Å². The van der Waals surface area contributed by atoms with Gasteiger partial charge in [0, 0.05) is 12.4 Å². The molecule has 0 rings (SSSR count). The highest BCUT2D eigenvalue weighted by molar-refractivity contribution is 6.17. The van der Waals surface area contributed by atoms with Gasteiger partial charge in [0.2, 0.25) is 0 Å². The molecular formula is C9H17ClF3N. The summed E-state index contributed by atoms with van der Waals surface area (Å²) in [4.78, 5) is 0. The fourth-order valence-corrected chi connectivity index (χ4v) is 1.31. The zero-order valence-electron chi connectivity index (χ0n) is 8.55. The highest BCUT2D eigenvalue weighted by Gasteiger charge is 2.27. The molecule has 0 aromatic carbocycles. The quantitative estimate of drug-likeness (QED) is 0.693. The van der Waals surface area contributed by atoms with E-state index in [-0.39, 0.29) is 5.41 Å². The maximum Gasteiger partial charge on any atom is 0.401 e. The minimum Gasteiger partial charge on any atom is -0.308 e. The summed E-state index contributed by atoms with van der Waals surface area (Å²) in [5.74, 6) is 0.558. The summed E-state index contributed by atoms with van der Waals surface area (Å²) in [5.41, 5.74) is -0.125. The van der Waals surface area contributed by atoms with Crippen molar-refractivity contribution in [3.05, 3.63) is 0 Å². The zero-order valence-corrected chi connectivity index (χ0v) is 9.30. The Labute approximate surface area is 88.0 Å². The standard InChI is InChI=1S/C9H17ClF3N/c1-8(2,4-3-5-10)6-14-7-9(11,12)13/h14H,3-7H2,1-2H3. The fourth-order valence-electron chi connectivity index (χ4n) is 1.18. The molecule has 0 saturated heterocycles. The molecule has 5 heteroatoms. The van der Waals surface area contributed by atoms with Gasteiger partial charge in [-0.25, -0.2) is 0 Å². The molecule has 0 heterocycles. The Balaban J connectivity index is 3.65. The van der Waals surface area contributed by atoms with Crippen molar-refractivity contribution in [2.24, 2.45) is 5.41 Å². The van der Waals surface area contributed by atoms with Gasteiger partial charge < -0.3 is 5.32 Å². The van der Waals surface area contributed by atoms with Crippen LogP contribution in [0.3, 0.4) is 0 Å². The first-order valence-electron chi connectivity index (χ1n) is 4.60. The van der Waals surface area contributed by atoms with Crippen LogP contribution in [0.15, 0.2) is 0 Å². The Morgan fingerprint density at radius 2 is 1.71 bits per heavy atom. The van der Waals surface area contributed by atoms with Crippen molar-refractivity contribution in [3.63, 3.8) is 0 Å². The maximum atomic E-state index is 11.8. The molecule has 1 nitrogen and oxygen atoms in total. The van der Waals surface area contributed by atoms with Crippen LogP contribution in [0, 0.1) is 5.41 Å². The Morgan fingerprint density at radius 3 is 2.14 bits per heavy atom. The second-order valence-electron chi connectivity index (χ2n) is 4.18. The summed E-state index contributed by atoms with van der Waals surface area (Å²) in [7, 11) is 0. The number of nitrogens with one attached hydrogen (secondary N) is 1. The minimum absolute atomic E-state index is 0.125. The monoisotopic (exact) mass is 231 g/mol. The van der Waals surface area contributed by atoms with E-state index in [4.69, 9.17) is 11.6 Å². The molecule has 0 aromatic heterocycles. The van der Waals surface area contributed by atoms with Crippen LogP contribution in [0.4, 0.5) is 13.2 Å². The van der Waals surface area contributed by atoms with E-state index in [0.29, 0.717) is 12.4 Å². The third kappa shape index (κ3) is 8.63. The maximum absolute atomic E-state index is 11.8. The van der Waals surface area contributed by atoms with E-state index >= 15 is 0 Å². The minimum atomic E-state index is -4.12. The van der Waals surface area contributed by atoms with Crippen molar-refractivity contribution >= 4 is 11.6 Å². The van der Waals surface area contributed by atoms with Gasteiger partial charge in [-0.05, 0) is 18.3 Å². The average molecular weight is 232 g/mol. The summed E-state index contributed by atoms with van der Waals surface area (Å²) in [6.07, 6.45) is -2.45. The summed E-state index contributed by atoms with van der Waals surface area (Å²) >= 11 is 5.51. The van der Waals surface area contributed by atoms with E-state index in [9.17, 15) is 13.2 Å². The van der Waals surface area contributed by atoms with E-state index in [2.05, 4.69) is 5.32 Å². The van der Waals surface area contributed by atoms with Crippen LogP contribution in [-0.4, -0.2) is 25.1 Å². The van der Waals surface area contributed by atoms with Crippen LogP contribution >= 0.6 is 11.6 Å². The van der Waals surface area contributed by atoms with Gasteiger partial charge in [-0.2, -0.15) is 13.2 Å². The molecule has 0 aliphatic rings. The van der Waals surface area contributed by atoms with Crippen LogP contribution in [0.25, 0.3) is 0 Å². The molecule has 0 saturated carbocycles. The van der Waals surface area contributed by atoms with Crippen molar-refractivity contribution in [1.29, 1.82) is 0 Å². The summed E-state index contributed by atoms with van der Waals surface area (Å²) < 4.78 is 35.4. The Morgan fingerprint density at radius 1 is 1.14 bits per heavy atom. The highest BCUT2D eigenvalue weighted by atomic mass is 35.5. The van der Waals surface area contributed by atoms with E-state index in [1.165, 1.54) is 0 Å². The third-order valence-corrected chi connectivity index (χ3v) is 2.18. The van der Waals surface area contributed by atoms with Crippen molar-refractivity contribution in [3.8, 4) is 0 Å². The van der Waals surface area contributed by atoms with E-state index in [0.717, 1.165) is 12.8 Å². The molecule has 0 spiro atoms. The van der Waals surface area contributed by atoms with Crippen LogP contribution < -0.4 is 5.32 Å². The lowest BCUT2D eigenvalue weighted by atomic mass is 9.88. The Kier molecular flexibility index (Phi) is 5.83. The first-order valence-corrected chi connectivity index (χ1v) is 5.14. The van der Waals surface area contributed by atoms with Crippen LogP contribution in [0.1, 0.15) is 26.7 Å². The summed E-state index contributed by atoms with van der Waals surface area (Å²) in [5, 5.41) is 2.41. The molecule has 0 aliphatic heterocycles. The van der Waals surface area contributed by atoms with Gasteiger partial charge in [0.1, 0.15) is 0 Å². The van der Waals surface area contributed by atoms with E-state index in [1.54, 1.807) is 0 Å². The van der Waals surface area contributed by atoms with Gasteiger partial charge in [-0.1, -0.05) is 13.8 Å². The number of rotatable bonds is 6. The first kappa shape index (κ1) is 14.0. The Bertz CT molecular complexity index is 157. The van der Waals surface area contributed by atoms with Crippen LogP contribution in [0.2, 0.25) is 0 Å². The molecule has 0 atom stereocenters. The van der Waals surface area contributed by atoms with Gasteiger partial charge in [-0.15, -0.1) is 11.6 Å². The van der Waals surface area contributed by atoms with Crippen LogP contribution in [0.5, 0.6) is 0 Å². The molecule has 14 heavy (non-hydrogen) atoms. The Hall–Kier alpha value is 0.0400. The molecule has 0 radical (unpaired) electrons. The summed E-state index contributed by atoms with van der Waals surface area (Å²) in [6, 6.07) is 0. The molecule has 0 aromatic rings. The van der Waals surface area contributed by atoms with Crippen molar-refractivity contribution in [1.82, 2.24) is 5.32 Å². The molecule has 86 valence electrons. The highest BCUT2D eigenvalue weighted by Crippen LogP contribution is 2.22. The SMILES string of the molecule is CC(C)(CCCCl)CNCC(F)(F)F. The molecule has 0 unspecified atom stereocenters. The van der Waals surface area contributed by atoms with Crippen molar-refractivity contribution < 1.29 is 13.2 Å². The molecular weight excluding hydrogens is 215 g/mol. The lowest BCUT2D eigenvalue weighted by Crippen LogP contribution is -2.36. The van der Waals surface area contributed by atoms with Gasteiger partial charge in [0.25, 0.3) is 0 Å². The normalized spacial score (nSPS) is 13.3. The fraction of sp³-hybridized carbons (Fsp3) is 1.00. The average Bonchev–Trinajstić information content (AvgIpc) is 1.98. The van der Waals surface area contributed by atoms with Gasteiger partial charge >= 0.3 is 6.18 Å². The number of halogens is 4. The summed E-state index contributed by atoms with van der Waals surface area (Å²) in [6.45, 7) is 3.31. The number of hydrogen-bond donors (Lipinski definition) is 1. The first-order chi connectivity index (χ1) is 6.27. The number of alkyl halides is 4. The molecule has 0 aliphatic carbocycles. The van der Waals surface area contributed by atoms with Crippen molar-refractivity contribution in [2.75, 3.05) is 19.0 Å². The predicted octanol–water partition coefficient (Wildman–Crippen LogP) is 3.18. The lowest BCUT2D eigenvalue weighted by Gasteiger charge is -2.25. The molecule has 0 amide bonds. The van der Waals surface area contributed by atoms with E-state index < -0.39 is 12.7 Å². The van der Waals surface area contributed by atoms with Gasteiger partial charge in [-0.3, -0.25) is 0 Å². The molecule has 0 bridgehead atoms. The second kappa shape index (κ2) is 5.81.